The molecule has 0 bridgehead atoms. The second kappa shape index (κ2) is 11.1. The van der Waals surface area contributed by atoms with Crippen molar-refractivity contribution in [2.75, 3.05) is 18.8 Å². The highest BCUT2D eigenvalue weighted by Crippen LogP contribution is 2.45. The van der Waals surface area contributed by atoms with Gasteiger partial charge in [-0.1, -0.05) is 96.9 Å². The number of alkyl halides is 1. The molecular weight excluding hydrogens is 553 g/mol. The van der Waals surface area contributed by atoms with Crippen LogP contribution in [0.25, 0.3) is 11.2 Å². The highest BCUT2D eigenvalue weighted by molar-refractivity contribution is 5.72. The molecule has 10 nitrogen and oxygen atoms in total. The van der Waals surface area contributed by atoms with Crippen molar-refractivity contribution in [1.82, 2.24) is 19.5 Å². The molecule has 1 saturated heterocycles. The molecule has 3 aromatic carbocycles. The maximum atomic E-state index is 16.0. The molecule has 6 rings (SSSR count). The SMILES string of the molecule is C#C[C@@]1(F)[C@H](O)[C@@H](CO)O[C@H]1n1cnc2c(=O)[nH]c(N(OC)C(c3ccccc3)(c3ccccc3)c3ccccc3)nc21. The Kier molecular flexibility index (Phi) is 7.29. The Morgan fingerprint density at radius 3 is 2.07 bits per heavy atom. The quantitative estimate of drug-likeness (QED) is 0.145. The fraction of sp³-hybridized carbons (Fsp3) is 0.219. The zero-order valence-electron chi connectivity index (χ0n) is 23.0. The lowest BCUT2D eigenvalue weighted by molar-refractivity contribution is -0.0504. The van der Waals surface area contributed by atoms with Crippen molar-refractivity contribution in [3.63, 3.8) is 0 Å². The molecule has 0 aliphatic carbocycles. The molecule has 43 heavy (non-hydrogen) atoms. The van der Waals surface area contributed by atoms with Crippen molar-refractivity contribution < 1.29 is 24.2 Å². The number of H-pyrrole nitrogens is 1. The first-order valence-corrected chi connectivity index (χ1v) is 13.5. The molecule has 0 radical (unpaired) electrons. The van der Waals surface area contributed by atoms with Crippen molar-refractivity contribution in [2.24, 2.45) is 0 Å². The van der Waals surface area contributed by atoms with Crippen molar-refractivity contribution in [3.8, 4) is 12.3 Å². The minimum Gasteiger partial charge on any atom is -0.394 e. The van der Waals surface area contributed by atoms with Gasteiger partial charge in [0.1, 0.15) is 17.7 Å². The number of halogens is 1. The van der Waals surface area contributed by atoms with Crippen LogP contribution in [-0.2, 0) is 15.1 Å². The van der Waals surface area contributed by atoms with Gasteiger partial charge in [-0.05, 0) is 16.7 Å². The molecule has 1 aliphatic rings. The van der Waals surface area contributed by atoms with Gasteiger partial charge in [0.05, 0.1) is 20.0 Å². The molecular formula is C32H28FN5O5. The summed E-state index contributed by atoms with van der Waals surface area (Å²) in [4.78, 5) is 31.2. The number of hydroxylamine groups is 1. The zero-order chi connectivity index (χ0) is 30.2. The minimum atomic E-state index is -2.74. The number of hydrogen-bond acceptors (Lipinski definition) is 8. The third-order valence-electron chi connectivity index (χ3n) is 7.77. The van der Waals surface area contributed by atoms with Gasteiger partial charge in [0.25, 0.3) is 5.56 Å². The Bertz CT molecular complexity index is 1730. The van der Waals surface area contributed by atoms with Crippen molar-refractivity contribution in [1.29, 1.82) is 0 Å². The number of aromatic nitrogens is 4. The number of hydrogen-bond donors (Lipinski definition) is 3. The zero-order valence-corrected chi connectivity index (χ0v) is 23.0. The number of terminal acetylenes is 1. The number of anilines is 1. The van der Waals surface area contributed by atoms with Crippen LogP contribution in [0.2, 0.25) is 0 Å². The maximum Gasteiger partial charge on any atom is 0.280 e. The monoisotopic (exact) mass is 581 g/mol. The van der Waals surface area contributed by atoms with E-state index in [-0.39, 0.29) is 17.1 Å². The molecule has 0 saturated carbocycles. The van der Waals surface area contributed by atoms with E-state index in [1.54, 1.807) is 0 Å². The third kappa shape index (κ3) is 4.31. The number of fused-ring (bicyclic) bond motifs is 1. The Balaban J connectivity index is 1.62. The molecule has 5 aromatic rings. The van der Waals surface area contributed by atoms with E-state index in [2.05, 4.69) is 9.97 Å². The fourth-order valence-corrected chi connectivity index (χ4v) is 5.78. The van der Waals surface area contributed by atoms with Crippen LogP contribution in [-0.4, -0.2) is 61.3 Å². The summed E-state index contributed by atoms with van der Waals surface area (Å²) < 4.78 is 22.8. The van der Waals surface area contributed by atoms with Crippen LogP contribution < -0.4 is 10.6 Å². The Labute approximate surface area is 245 Å². The molecule has 0 amide bonds. The molecule has 0 spiro atoms. The summed E-state index contributed by atoms with van der Waals surface area (Å²) in [7, 11) is 1.46. The topological polar surface area (TPSA) is 126 Å². The molecule has 3 heterocycles. The van der Waals surface area contributed by atoms with Crippen molar-refractivity contribution in [3.05, 3.63) is 124 Å². The average Bonchev–Trinajstić information content (AvgIpc) is 3.59. The lowest BCUT2D eigenvalue weighted by Crippen LogP contribution is -2.49. The number of aromatic amines is 1. The minimum absolute atomic E-state index is 0.0271. The van der Waals surface area contributed by atoms with Crippen LogP contribution in [0.15, 0.2) is 102 Å². The molecule has 3 N–H and O–H groups in total. The number of nitrogens with zero attached hydrogens (tertiary/aromatic N) is 4. The summed E-state index contributed by atoms with van der Waals surface area (Å²) >= 11 is 0. The van der Waals surface area contributed by atoms with Gasteiger partial charge >= 0.3 is 0 Å². The Morgan fingerprint density at radius 2 is 1.60 bits per heavy atom. The van der Waals surface area contributed by atoms with Gasteiger partial charge in [0.15, 0.2) is 17.4 Å². The third-order valence-corrected chi connectivity index (χ3v) is 7.77. The Hall–Kier alpha value is -4.86. The average molecular weight is 582 g/mol. The number of ether oxygens (including phenoxy) is 1. The summed E-state index contributed by atoms with van der Waals surface area (Å²) in [5, 5.41) is 21.7. The van der Waals surface area contributed by atoms with E-state index in [1.165, 1.54) is 12.2 Å². The summed E-state index contributed by atoms with van der Waals surface area (Å²) in [6.07, 6.45) is 1.90. The van der Waals surface area contributed by atoms with E-state index in [9.17, 15) is 15.0 Å². The van der Waals surface area contributed by atoms with Gasteiger partial charge in [-0.2, -0.15) is 4.98 Å². The van der Waals surface area contributed by atoms with Gasteiger partial charge in [-0.25, -0.2) is 14.4 Å². The molecule has 4 atom stereocenters. The van der Waals surface area contributed by atoms with Crippen LogP contribution in [0, 0.1) is 12.3 Å². The number of rotatable bonds is 8. The second-order valence-corrected chi connectivity index (χ2v) is 10.1. The van der Waals surface area contributed by atoms with E-state index in [0.717, 1.165) is 27.6 Å². The van der Waals surface area contributed by atoms with Crippen molar-refractivity contribution in [2.45, 2.75) is 29.6 Å². The summed E-state index contributed by atoms with van der Waals surface area (Å²) in [6.45, 7) is -0.678. The van der Waals surface area contributed by atoms with Gasteiger partial charge in [-0.15, -0.1) is 6.42 Å². The lowest BCUT2D eigenvalue weighted by Gasteiger charge is -2.43. The number of nitrogens with one attached hydrogen (secondary N) is 1. The van der Waals surface area contributed by atoms with E-state index in [4.69, 9.17) is 21.0 Å². The maximum absolute atomic E-state index is 16.0. The van der Waals surface area contributed by atoms with Gasteiger partial charge in [-0.3, -0.25) is 19.2 Å². The smallest absolute Gasteiger partial charge is 0.280 e. The lowest BCUT2D eigenvalue weighted by atomic mass is 9.76. The van der Waals surface area contributed by atoms with Gasteiger partial charge < -0.3 is 14.9 Å². The molecule has 11 heteroatoms. The number of benzene rings is 3. The fourth-order valence-electron chi connectivity index (χ4n) is 5.78. The highest BCUT2D eigenvalue weighted by atomic mass is 19.1. The summed E-state index contributed by atoms with van der Waals surface area (Å²) in [6, 6.07) is 28.8. The highest BCUT2D eigenvalue weighted by Gasteiger charge is 2.58. The molecule has 218 valence electrons. The van der Waals surface area contributed by atoms with E-state index in [1.807, 2.05) is 96.9 Å². The van der Waals surface area contributed by atoms with E-state index >= 15 is 4.39 Å². The standard InChI is InChI=1S/C32H28FN5O5/c1-3-31(33)26(40)24(19-39)43-29(31)37-20-34-25-27(37)35-30(36-28(25)41)38(42-2)32(21-13-7-4-8-14-21,22-15-9-5-10-16-22)23-17-11-6-12-18-23/h1,4-18,20,24,26,29,39-40H,19H2,2H3,(H,35,36,41)/t24-,26-,29-,31-/m1/s1. The van der Waals surface area contributed by atoms with E-state index < -0.39 is 41.8 Å². The Morgan fingerprint density at radius 1 is 1.07 bits per heavy atom. The van der Waals surface area contributed by atoms with Gasteiger partial charge in [0, 0.05) is 0 Å². The largest absolute Gasteiger partial charge is 0.394 e. The summed E-state index contributed by atoms with van der Waals surface area (Å²) in [5.74, 6) is 1.93. The first-order valence-electron chi connectivity index (χ1n) is 13.5. The van der Waals surface area contributed by atoms with Crippen LogP contribution in [0.3, 0.4) is 0 Å². The van der Waals surface area contributed by atoms with E-state index in [0.29, 0.717) is 0 Å². The number of aliphatic hydroxyl groups excluding tert-OH is 2. The second-order valence-electron chi connectivity index (χ2n) is 10.1. The molecule has 2 aromatic heterocycles. The number of aliphatic hydroxyl groups is 2. The predicted molar refractivity (Wildman–Crippen MR) is 157 cm³/mol. The first-order chi connectivity index (χ1) is 20.9. The molecule has 1 fully saturated rings. The van der Waals surface area contributed by atoms with Crippen molar-refractivity contribution >= 4 is 17.1 Å². The molecule has 0 unspecified atom stereocenters. The van der Waals surface area contributed by atoms with Crippen LogP contribution in [0.1, 0.15) is 22.9 Å². The predicted octanol–water partition coefficient (Wildman–Crippen LogP) is 3.07. The molecule has 1 aliphatic heterocycles. The first kappa shape index (κ1) is 28.3. The van der Waals surface area contributed by atoms with Crippen LogP contribution in [0.4, 0.5) is 10.3 Å². The van der Waals surface area contributed by atoms with Crippen LogP contribution in [0.5, 0.6) is 0 Å². The normalized spacial score (nSPS) is 22.0. The summed E-state index contributed by atoms with van der Waals surface area (Å²) in [5.41, 5.74) is -2.35. The van der Waals surface area contributed by atoms with Gasteiger partial charge in [0.2, 0.25) is 11.6 Å². The number of imidazole rings is 1. The van der Waals surface area contributed by atoms with Crippen LogP contribution >= 0.6 is 0 Å².